The van der Waals surface area contributed by atoms with Gasteiger partial charge in [0.25, 0.3) is 5.91 Å². The van der Waals surface area contributed by atoms with Crippen LogP contribution in [-0.4, -0.2) is 25.2 Å². The number of amides is 1. The van der Waals surface area contributed by atoms with Gasteiger partial charge in [0.05, 0.1) is 18.7 Å². The number of hydrogen-bond acceptors (Lipinski definition) is 3. The van der Waals surface area contributed by atoms with Crippen LogP contribution in [0.4, 0.5) is 0 Å². The molecule has 0 aromatic heterocycles. The highest BCUT2D eigenvalue weighted by Gasteiger charge is 2.21. The molecule has 1 rings (SSSR count). The van der Waals surface area contributed by atoms with Crippen LogP contribution in [-0.2, 0) is 0 Å². The standard InChI is InChI=1S/C17H26ClNO3/c1-7-17(4,5)19-16(20)12-8-13(18)15(14(9-12)21-6)22-10-11(2)3/h8-9,11H,7,10H2,1-6H3,(H,19,20). The van der Waals surface area contributed by atoms with Crippen molar-refractivity contribution in [1.29, 1.82) is 0 Å². The van der Waals surface area contributed by atoms with Gasteiger partial charge in [0, 0.05) is 11.1 Å². The Morgan fingerprint density at radius 1 is 1.36 bits per heavy atom. The van der Waals surface area contributed by atoms with Crippen LogP contribution in [0.2, 0.25) is 5.02 Å². The molecule has 124 valence electrons. The zero-order valence-corrected chi connectivity index (χ0v) is 15.0. The van der Waals surface area contributed by atoms with E-state index in [4.69, 9.17) is 21.1 Å². The molecule has 1 aromatic rings. The minimum Gasteiger partial charge on any atom is -0.493 e. The van der Waals surface area contributed by atoms with Crippen molar-refractivity contribution < 1.29 is 14.3 Å². The van der Waals surface area contributed by atoms with Crippen molar-refractivity contribution in [2.45, 2.75) is 46.6 Å². The third-order valence-corrected chi connectivity index (χ3v) is 3.67. The average molecular weight is 328 g/mol. The molecular weight excluding hydrogens is 302 g/mol. The SMILES string of the molecule is CCC(C)(C)NC(=O)c1cc(Cl)c(OCC(C)C)c(OC)c1. The summed E-state index contributed by atoms with van der Waals surface area (Å²) in [6, 6.07) is 3.27. The molecule has 0 saturated heterocycles. The van der Waals surface area contributed by atoms with Crippen molar-refractivity contribution in [3.63, 3.8) is 0 Å². The van der Waals surface area contributed by atoms with Crippen LogP contribution in [0, 0.1) is 5.92 Å². The van der Waals surface area contributed by atoms with E-state index in [1.807, 2.05) is 20.8 Å². The number of nitrogens with one attached hydrogen (secondary N) is 1. The van der Waals surface area contributed by atoms with E-state index in [0.29, 0.717) is 34.6 Å². The third kappa shape index (κ3) is 5.09. The van der Waals surface area contributed by atoms with Gasteiger partial charge in [-0.2, -0.15) is 0 Å². The van der Waals surface area contributed by atoms with E-state index in [1.165, 1.54) is 7.11 Å². The van der Waals surface area contributed by atoms with E-state index in [0.717, 1.165) is 6.42 Å². The first kappa shape index (κ1) is 18.6. The summed E-state index contributed by atoms with van der Waals surface area (Å²) in [4.78, 5) is 12.4. The Hall–Kier alpha value is -1.42. The normalized spacial score (nSPS) is 11.5. The topological polar surface area (TPSA) is 47.6 Å². The van der Waals surface area contributed by atoms with Gasteiger partial charge in [0.15, 0.2) is 11.5 Å². The Labute approximate surface area is 138 Å². The molecule has 4 nitrogen and oxygen atoms in total. The Kier molecular flexibility index (Phi) is 6.54. The number of hydrogen-bond donors (Lipinski definition) is 1. The first-order chi connectivity index (χ1) is 10.2. The summed E-state index contributed by atoms with van der Waals surface area (Å²) in [5.41, 5.74) is 0.184. The number of ether oxygens (including phenoxy) is 2. The van der Waals surface area contributed by atoms with Gasteiger partial charge in [0.1, 0.15) is 0 Å². The molecule has 1 amide bonds. The molecule has 1 N–H and O–H groups in total. The van der Waals surface area contributed by atoms with Crippen molar-refractivity contribution in [3.8, 4) is 11.5 Å². The second-order valence-electron chi connectivity index (χ2n) is 6.39. The van der Waals surface area contributed by atoms with Crippen molar-refractivity contribution in [1.82, 2.24) is 5.32 Å². The molecule has 0 aliphatic rings. The van der Waals surface area contributed by atoms with Gasteiger partial charge in [-0.15, -0.1) is 0 Å². The van der Waals surface area contributed by atoms with Crippen LogP contribution in [0.1, 0.15) is 51.4 Å². The third-order valence-electron chi connectivity index (χ3n) is 3.39. The smallest absolute Gasteiger partial charge is 0.251 e. The summed E-state index contributed by atoms with van der Waals surface area (Å²) >= 11 is 6.26. The molecule has 0 aliphatic heterocycles. The molecule has 0 fully saturated rings. The van der Waals surface area contributed by atoms with Crippen molar-refractivity contribution in [3.05, 3.63) is 22.7 Å². The molecule has 5 heteroatoms. The van der Waals surface area contributed by atoms with E-state index in [9.17, 15) is 4.79 Å². The van der Waals surface area contributed by atoms with Gasteiger partial charge < -0.3 is 14.8 Å². The largest absolute Gasteiger partial charge is 0.493 e. The fraction of sp³-hybridized carbons (Fsp3) is 0.588. The maximum Gasteiger partial charge on any atom is 0.251 e. The van der Waals surface area contributed by atoms with Gasteiger partial charge in [-0.25, -0.2) is 0 Å². The fourth-order valence-corrected chi connectivity index (χ4v) is 1.97. The van der Waals surface area contributed by atoms with Gasteiger partial charge in [-0.3, -0.25) is 4.79 Å². The zero-order chi connectivity index (χ0) is 16.9. The van der Waals surface area contributed by atoms with Crippen molar-refractivity contribution in [2.24, 2.45) is 5.92 Å². The predicted octanol–water partition coefficient (Wildman–Crippen LogP) is 4.30. The highest BCUT2D eigenvalue weighted by Crippen LogP contribution is 2.36. The van der Waals surface area contributed by atoms with E-state index in [2.05, 4.69) is 19.2 Å². The summed E-state index contributed by atoms with van der Waals surface area (Å²) in [5.74, 6) is 1.13. The maximum absolute atomic E-state index is 12.4. The quantitative estimate of drug-likeness (QED) is 0.812. The van der Waals surface area contributed by atoms with Crippen LogP contribution >= 0.6 is 11.6 Å². The summed E-state index contributed by atoms with van der Waals surface area (Å²) < 4.78 is 11.0. The molecule has 22 heavy (non-hydrogen) atoms. The molecule has 0 radical (unpaired) electrons. The summed E-state index contributed by atoms with van der Waals surface area (Å²) in [6.07, 6.45) is 0.833. The minimum atomic E-state index is -0.274. The lowest BCUT2D eigenvalue weighted by Crippen LogP contribution is -2.42. The fourth-order valence-electron chi connectivity index (χ4n) is 1.71. The first-order valence-corrected chi connectivity index (χ1v) is 7.90. The van der Waals surface area contributed by atoms with E-state index < -0.39 is 0 Å². The number of rotatable bonds is 7. The Morgan fingerprint density at radius 3 is 2.50 bits per heavy atom. The second-order valence-corrected chi connectivity index (χ2v) is 6.79. The zero-order valence-electron chi connectivity index (χ0n) is 14.2. The number of carbonyl (C=O) groups excluding carboxylic acids is 1. The van der Waals surface area contributed by atoms with Crippen molar-refractivity contribution in [2.75, 3.05) is 13.7 Å². The number of halogens is 1. The lowest BCUT2D eigenvalue weighted by molar-refractivity contribution is 0.0911. The van der Waals surface area contributed by atoms with Gasteiger partial charge in [0.2, 0.25) is 0 Å². The summed E-state index contributed by atoms with van der Waals surface area (Å²) in [7, 11) is 1.53. The highest BCUT2D eigenvalue weighted by molar-refractivity contribution is 6.32. The van der Waals surface area contributed by atoms with Crippen LogP contribution in [0.25, 0.3) is 0 Å². The average Bonchev–Trinajstić information content (AvgIpc) is 2.44. The number of benzene rings is 1. The van der Waals surface area contributed by atoms with Gasteiger partial charge in [-0.05, 0) is 38.3 Å². The second kappa shape index (κ2) is 7.73. The van der Waals surface area contributed by atoms with Gasteiger partial charge >= 0.3 is 0 Å². The molecule has 0 bridgehead atoms. The molecule has 0 atom stereocenters. The highest BCUT2D eigenvalue weighted by atomic mass is 35.5. The predicted molar refractivity (Wildman–Crippen MR) is 90.2 cm³/mol. The molecular formula is C17H26ClNO3. The summed E-state index contributed by atoms with van der Waals surface area (Å²) in [6.45, 7) is 10.6. The van der Waals surface area contributed by atoms with Crippen molar-refractivity contribution >= 4 is 17.5 Å². The molecule has 0 spiro atoms. The first-order valence-electron chi connectivity index (χ1n) is 7.53. The van der Waals surface area contributed by atoms with Crippen LogP contribution < -0.4 is 14.8 Å². The summed E-state index contributed by atoms with van der Waals surface area (Å²) in [5, 5.41) is 3.35. The molecule has 0 unspecified atom stereocenters. The molecule has 0 saturated carbocycles. The lowest BCUT2D eigenvalue weighted by Gasteiger charge is -2.25. The molecule has 1 aromatic carbocycles. The van der Waals surface area contributed by atoms with Crippen LogP contribution in [0.5, 0.6) is 11.5 Å². The van der Waals surface area contributed by atoms with Crippen LogP contribution in [0.3, 0.4) is 0 Å². The Balaban J connectivity index is 3.04. The van der Waals surface area contributed by atoms with Gasteiger partial charge in [-0.1, -0.05) is 32.4 Å². The van der Waals surface area contributed by atoms with Crippen LogP contribution in [0.15, 0.2) is 12.1 Å². The molecule has 0 heterocycles. The molecule has 0 aliphatic carbocycles. The Bertz CT molecular complexity index is 527. The van der Waals surface area contributed by atoms with E-state index in [1.54, 1.807) is 12.1 Å². The monoisotopic (exact) mass is 327 g/mol. The van der Waals surface area contributed by atoms with E-state index in [-0.39, 0.29) is 11.4 Å². The number of methoxy groups -OCH3 is 1. The lowest BCUT2D eigenvalue weighted by atomic mass is 10.0. The Morgan fingerprint density at radius 2 is 2.00 bits per heavy atom. The maximum atomic E-state index is 12.4. The number of carbonyl (C=O) groups is 1. The van der Waals surface area contributed by atoms with E-state index >= 15 is 0 Å². The minimum absolute atomic E-state index is 0.178.